The minimum absolute atomic E-state index is 0.394. The first-order chi connectivity index (χ1) is 12.3. The molecule has 1 amide bonds. The molecule has 0 aromatic carbocycles. The second-order valence-electron chi connectivity index (χ2n) is 6.50. The van der Waals surface area contributed by atoms with Crippen LogP contribution in [0.3, 0.4) is 0 Å². The number of nitrogens with two attached hydrogens (primary N) is 1. The van der Waals surface area contributed by atoms with E-state index in [4.69, 9.17) is 5.73 Å². The molecule has 5 atom stereocenters. The maximum atomic E-state index is 12.3. The largest absolute Gasteiger partial charge is 0.382 e. The molecule has 28 heavy (non-hydrogen) atoms. The Bertz CT molecular complexity index is 746. The van der Waals surface area contributed by atoms with Crippen LogP contribution >= 0.6 is 0 Å². The van der Waals surface area contributed by atoms with Gasteiger partial charge in [-0.15, -0.1) is 0 Å². The summed E-state index contributed by atoms with van der Waals surface area (Å²) in [5.74, 6) is -10.7. The molecular weight excluding hydrogens is 382 g/mol. The predicted octanol–water partition coefficient (Wildman–Crippen LogP) is -4.30. The van der Waals surface area contributed by atoms with Crippen LogP contribution in [-0.2, 0) is 28.8 Å². The van der Waals surface area contributed by atoms with E-state index < -0.39 is 63.3 Å². The lowest BCUT2D eigenvalue weighted by molar-refractivity contribution is -0.271. The Labute approximate surface area is 158 Å². The van der Waals surface area contributed by atoms with Gasteiger partial charge in [0.1, 0.15) is 0 Å². The smallest absolute Gasteiger partial charge is 0.260 e. The van der Waals surface area contributed by atoms with Crippen molar-refractivity contribution in [1.82, 2.24) is 0 Å². The molecule has 0 aliphatic rings. The van der Waals surface area contributed by atoms with Gasteiger partial charge in [-0.05, 0) is 34.6 Å². The number of rotatable bonds is 10. The number of primary amides is 1. The molecule has 0 aromatic rings. The van der Waals surface area contributed by atoms with Crippen molar-refractivity contribution in [2.24, 2.45) is 5.73 Å². The van der Waals surface area contributed by atoms with Gasteiger partial charge in [0.25, 0.3) is 5.91 Å². The summed E-state index contributed by atoms with van der Waals surface area (Å²) >= 11 is 0. The summed E-state index contributed by atoms with van der Waals surface area (Å²) in [5, 5.41) is 53.2. The zero-order valence-corrected chi connectivity index (χ0v) is 15.8. The molecule has 12 nitrogen and oxygen atoms in total. The molecule has 7 N–H and O–H groups in total. The molecule has 0 rings (SSSR count). The van der Waals surface area contributed by atoms with Gasteiger partial charge < -0.3 is 31.3 Å². The monoisotopic (exact) mass is 405 g/mol. The number of ketones is 5. The second kappa shape index (κ2) is 7.56. The molecule has 0 heterocycles. The van der Waals surface area contributed by atoms with E-state index in [1.807, 2.05) is 0 Å². The zero-order chi connectivity index (χ0) is 23.0. The molecule has 0 aliphatic heterocycles. The van der Waals surface area contributed by atoms with E-state index in [0.717, 1.165) is 0 Å². The predicted molar refractivity (Wildman–Crippen MR) is 88.4 cm³/mol. The van der Waals surface area contributed by atoms with E-state index in [9.17, 15) is 54.3 Å². The Kier molecular flexibility index (Phi) is 6.92. The summed E-state index contributed by atoms with van der Waals surface area (Å²) in [6, 6.07) is 0. The number of aliphatic hydroxyl groups excluding tert-OH is 1. The van der Waals surface area contributed by atoms with Crippen molar-refractivity contribution in [1.29, 1.82) is 0 Å². The second-order valence-corrected chi connectivity index (χ2v) is 6.50. The number of hydrogen-bond donors (Lipinski definition) is 6. The average Bonchev–Trinajstić information content (AvgIpc) is 2.56. The van der Waals surface area contributed by atoms with Crippen LogP contribution in [-0.4, -0.2) is 88.9 Å². The van der Waals surface area contributed by atoms with E-state index in [1.165, 1.54) is 0 Å². The molecule has 0 spiro atoms. The van der Waals surface area contributed by atoms with E-state index in [2.05, 4.69) is 0 Å². The van der Waals surface area contributed by atoms with E-state index >= 15 is 0 Å². The van der Waals surface area contributed by atoms with Crippen molar-refractivity contribution in [3.05, 3.63) is 0 Å². The van der Waals surface area contributed by atoms with Gasteiger partial charge in [-0.1, -0.05) is 0 Å². The number of carbonyl (C=O) groups excluding carboxylic acids is 6. The normalized spacial score (nSPS) is 21.1. The molecule has 0 aliphatic carbocycles. The lowest BCUT2D eigenvalue weighted by Gasteiger charge is -2.53. The molecular formula is C16H23NO11. The molecule has 0 saturated heterocycles. The van der Waals surface area contributed by atoms with Gasteiger partial charge in [-0.3, -0.25) is 28.8 Å². The van der Waals surface area contributed by atoms with E-state index in [0.29, 0.717) is 34.6 Å². The van der Waals surface area contributed by atoms with Crippen LogP contribution in [0.15, 0.2) is 0 Å². The van der Waals surface area contributed by atoms with Gasteiger partial charge in [0, 0.05) is 0 Å². The summed E-state index contributed by atoms with van der Waals surface area (Å²) in [6.45, 7) is 2.34. The van der Waals surface area contributed by atoms with Gasteiger partial charge >= 0.3 is 0 Å². The van der Waals surface area contributed by atoms with Crippen molar-refractivity contribution in [3.63, 3.8) is 0 Å². The van der Waals surface area contributed by atoms with Crippen molar-refractivity contribution < 1.29 is 54.3 Å². The van der Waals surface area contributed by atoms with Crippen LogP contribution in [0.5, 0.6) is 0 Å². The van der Waals surface area contributed by atoms with Gasteiger partial charge in [-0.2, -0.15) is 0 Å². The van der Waals surface area contributed by atoms with Gasteiger partial charge in [-0.25, -0.2) is 0 Å². The highest BCUT2D eigenvalue weighted by Gasteiger charge is 2.80. The minimum atomic E-state index is -4.28. The van der Waals surface area contributed by atoms with Crippen molar-refractivity contribution >= 4 is 34.8 Å². The molecule has 12 heteroatoms. The quantitative estimate of drug-likeness (QED) is 0.190. The average molecular weight is 405 g/mol. The Morgan fingerprint density at radius 1 is 0.679 bits per heavy atom. The number of hydrogen-bond acceptors (Lipinski definition) is 11. The number of carbonyl (C=O) groups is 6. The standard InChI is InChI=1S/C16H23NO11/c1-6(18)11(23)13(25,7(2)19)15(27,9(4)21)16(28,10(5)22)14(26,8(3)20)12(17)24/h11,23,25-28H,1-5H3,(H2,17,24)/t11?,13-,14+,15-,16-/m1/s1. The van der Waals surface area contributed by atoms with Crippen LogP contribution in [0.4, 0.5) is 0 Å². The topological polar surface area (TPSA) is 230 Å². The third kappa shape index (κ3) is 2.89. The minimum Gasteiger partial charge on any atom is -0.382 e. The van der Waals surface area contributed by atoms with Crippen molar-refractivity contribution in [2.75, 3.05) is 0 Å². The fraction of sp³-hybridized carbons (Fsp3) is 0.625. The Morgan fingerprint density at radius 3 is 1.21 bits per heavy atom. The van der Waals surface area contributed by atoms with Gasteiger partial charge in [0.05, 0.1) is 0 Å². The molecule has 0 saturated carbocycles. The summed E-state index contributed by atoms with van der Waals surface area (Å²) in [6.07, 6.45) is -2.92. The first kappa shape index (κ1) is 25.6. The van der Waals surface area contributed by atoms with Crippen LogP contribution in [0.25, 0.3) is 0 Å². The summed E-state index contributed by atoms with van der Waals surface area (Å²) in [5.41, 5.74) is -11.6. The fourth-order valence-electron chi connectivity index (χ4n) is 3.12. The fourth-order valence-corrected chi connectivity index (χ4v) is 3.12. The van der Waals surface area contributed by atoms with Gasteiger partial charge in [0.2, 0.25) is 16.8 Å². The number of Topliss-reactive ketones (excluding diaryl/α,β-unsaturated/α-hetero) is 5. The molecule has 0 bridgehead atoms. The van der Waals surface area contributed by atoms with Crippen LogP contribution in [0.1, 0.15) is 34.6 Å². The van der Waals surface area contributed by atoms with Crippen LogP contribution in [0, 0.1) is 0 Å². The Morgan fingerprint density at radius 2 is 1.04 bits per heavy atom. The third-order valence-electron chi connectivity index (χ3n) is 4.80. The maximum Gasteiger partial charge on any atom is 0.260 e. The molecule has 1 unspecified atom stereocenters. The van der Waals surface area contributed by atoms with Crippen molar-refractivity contribution in [3.8, 4) is 0 Å². The van der Waals surface area contributed by atoms with Crippen molar-refractivity contribution in [2.45, 2.75) is 63.1 Å². The maximum absolute atomic E-state index is 12.3. The lowest BCUT2D eigenvalue weighted by Crippen LogP contribution is -2.87. The highest BCUT2D eigenvalue weighted by atomic mass is 16.4. The molecule has 0 aromatic heterocycles. The third-order valence-corrected chi connectivity index (χ3v) is 4.80. The first-order valence-corrected chi connectivity index (χ1v) is 7.74. The lowest BCUT2D eigenvalue weighted by atomic mass is 9.56. The highest BCUT2D eigenvalue weighted by molar-refractivity contribution is 6.18. The Hall–Kier alpha value is -2.38. The van der Waals surface area contributed by atoms with E-state index in [1.54, 1.807) is 0 Å². The molecule has 0 radical (unpaired) electrons. The number of amides is 1. The SMILES string of the molecule is CC(=O)C(O)[C@](O)(C(C)=O)[C@](O)(C(C)=O)[C@@](O)(C(C)=O)[C@](O)(C(C)=O)C(N)=O. The first-order valence-electron chi connectivity index (χ1n) is 7.74. The summed E-state index contributed by atoms with van der Waals surface area (Å²) in [7, 11) is 0. The Balaban J connectivity index is 7.76. The highest BCUT2D eigenvalue weighted by Crippen LogP contribution is 2.44. The molecule has 0 fully saturated rings. The van der Waals surface area contributed by atoms with E-state index in [-0.39, 0.29) is 0 Å². The van der Waals surface area contributed by atoms with Gasteiger partial charge in [0.15, 0.2) is 40.6 Å². The molecule has 158 valence electrons. The summed E-state index contributed by atoms with van der Waals surface area (Å²) < 4.78 is 0. The van der Waals surface area contributed by atoms with Crippen LogP contribution in [0.2, 0.25) is 0 Å². The zero-order valence-electron chi connectivity index (χ0n) is 15.8. The number of aliphatic hydroxyl groups is 5. The van der Waals surface area contributed by atoms with Crippen LogP contribution < -0.4 is 5.73 Å². The summed E-state index contributed by atoms with van der Waals surface area (Å²) in [4.78, 5) is 72.1.